The Bertz CT molecular complexity index is 1190. The Balaban J connectivity index is 1.82. The zero-order valence-electron chi connectivity index (χ0n) is 18.2. The van der Waals surface area contributed by atoms with Crippen LogP contribution in [0.2, 0.25) is 10.0 Å². The molecule has 0 aromatic heterocycles. The summed E-state index contributed by atoms with van der Waals surface area (Å²) in [5.41, 5.74) is 1.68. The van der Waals surface area contributed by atoms with Crippen molar-refractivity contribution in [1.29, 1.82) is 0 Å². The fourth-order valence-electron chi connectivity index (χ4n) is 3.43. The van der Waals surface area contributed by atoms with E-state index < -0.39 is 54.6 Å². The van der Waals surface area contributed by atoms with Gasteiger partial charge >= 0.3 is 12.4 Å². The van der Waals surface area contributed by atoms with Crippen molar-refractivity contribution < 1.29 is 40.8 Å². The standard InChI is InChI=1S/C22H17Cl2F6N3O3/c1-10-4-11(2-3-15(10)20(35)31-8-16(34)32-9-21(25,26)27)18-17(22(28,29)30)19(36-33-18)12-5-13(23)7-14(24)6-12/h2-7,18,33H,8-9H2,1H3,(H,31,35)(H,32,34)/t18-/m0/s1. The van der Waals surface area contributed by atoms with E-state index in [-0.39, 0.29) is 32.3 Å². The Kier molecular flexibility index (Phi) is 8.11. The Labute approximate surface area is 210 Å². The van der Waals surface area contributed by atoms with Crippen molar-refractivity contribution in [3.63, 3.8) is 0 Å². The first-order valence-corrected chi connectivity index (χ1v) is 10.8. The molecule has 0 unspecified atom stereocenters. The van der Waals surface area contributed by atoms with Crippen LogP contribution in [0.15, 0.2) is 42.0 Å². The van der Waals surface area contributed by atoms with E-state index in [1.54, 1.807) is 5.32 Å². The predicted molar refractivity (Wildman–Crippen MR) is 119 cm³/mol. The molecule has 0 aliphatic carbocycles. The van der Waals surface area contributed by atoms with E-state index in [4.69, 9.17) is 28.0 Å². The van der Waals surface area contributed by atoms with Crippen LogP contribution in [0, 0.1) is 6.92 Å². The third-order valence-electron chi connectivity index (χ3n) is 4.97. The largest absolute Gasteiger partial charge is 0.418 e. The number of amides is 2. The Morgan fingerprint density at radius 1 is 1.00 bits per heavy atom. The Morgan fingerprint density at radius 2 is 1.64 bits per heavy atom. The number of alkyl halides is 6. The van der Waals surface area contributed by atoms with Gasteiger partial charge in [-0.2, -0.15) is 26.3 Å². The van der Waals surface area contributed by atoms with E-state index in [1.165, 1.54) is 43.3 Å². The van der Waals surface area contributed by atoms with E-state index in [2.05, 4.69) is 10.8 Å². The zero-order valence-corrected chi connectivity index (χ0v) is 19.7. The lowest BCUT2D eigenvalue weighted by molar-refractivity contribution is -0.137. The minimum Gasteiger partial charge on any atom is -0.407 e. The van der Waals surface area contributed by atoms with Gasteiger partial charge in [-0.15, -0.1) is 5.48 Å². The van der Waals surface area contributed by atoms with Gasteiger partial charge in [0, 0.05) is 21.2 Å². The number of hydrogen-bond donors (Lipinski definition) is 3. The second-order valence-electron chi connectivity index (χ2n) is 7.70. The highest BCUT2D eigenvalue weighted by molar-refractivity contribution is 6.34. The van der Waals surface area contributed by atoms with E-state index in [0.29, 0.717) is 0 Å². The molecule has 2 amide bonds. The predicted octanol–water partition coefficient (Wildman–Crippen LogP) is 5.26. The highest BCUT2D eigenvalue weighted by Gasteiger charge is 2.47. The van der Waals surface area contributed by atoms with Crippen molar-refractivity contribution >= 4 is 40.8 Å². The molecule has 1 heterocycles. The lowest BCUT2D eigenvalue weighted by Gasteiger charge is -2.17. The summed E-state index contributed by atoms with van der Waals surface area (Å²) in [6, 6.07) is 6.24. The van der Waals surface area contributed by atoms with Gasteiger partial charge in [-0.25, -0.2) is 0 Å². The molecule has 3 N–H and O–H groups in total. The highest BCUT2D eigenvalue weighted by Crippen LogP contribution is 2.45. The molecule has 0 saturated carbocycles. The average molecular weight is 556 g/mol. The lowest BCUT2D eigenvalue weighted by atomic mass is 9.93. The third kappa shape index (κ3) is 6.83. The SMILES string of the molecule is Cc1cc([C@@H]2NOC(c3cc(Cl)cc(Cl)c3)=C2C(F)(F)F)ccc1C(=O)NCC(=O)NCC(F)(F)F. The van der Waals surface area contributed by atoms with E-state index in [0.717, 1.165) is 0 Å². The maximum absolute atomic E-state index is 14.0. The van der Waals surface area contributed by atoms with Crippen LogP contribution in [0.3, 0.4) is 0 Å². The van der Waals surface area contributed by atoms with Gasteiger partial charge in [0.05, 0.1) is 6.54 Å². The summed E-state index contributed by atoms with van der Waals surface area (Å²) >= 11 is 11.8. The number of nitrogens with one attached hydrogen (secondary N) is 3. The minimum absolute atomic E-state index is 0.00587. The van der Waals surface area contributed by atoms with Gasteiger partial charge < -0.3 is 15.5 Å². The van der Waals surface area contributed by atoms with Crippen LogP contribution >= 0.6 is 23.2 Å². The van der Waals surface area contributed by atoms with Crippen LogP contribution in [0.1, 0.15) is 33.1 Å². The van der Waals surface area contributed by atoms with E-state index in [9.17, 15) is 35.9 Å². The zero-order chi connectivity index (χ0) is 26.8. The number of hydrogen-bond acceptors (Lipinski definition) is 4. The molecule has 36 heavy (non-hydrogen) atoms. The van der Waals surface area contributed by atoms with Crippen molar-refractivity contribution in [3.8, 4) is 0 Å². The first-order valence-electron chi connectivity index (χ1n) is 10.1. The van der Waals surface area contributed by atoms with Crippen molar-refractivity contribution in [3.05, 3.63) is 74.3 Å². The van der Waals surface area contributed by atoms with Crippen LogP contribution in [0.25, 0.3) is 5.76 Å². The number of halogens is 8. The number of hydroxylamine groups is 1. The molecular weight excluding hydrogens is 539 g/mol. The summed E-state index contributed by atoms with van der Waals surface area (Å²) in [4.78, 5) is 29.0. The average Bonchev–Trinajstić information content (AvgIpc) is 3.21. The van der Waals surface area contributed by atoms with E-state index in [1.807, 2.05) is 0 Å². The Hall–Kier alpha value is -2.96. The van der Waals surface area contributed by atoms with Crippen molar-refractivity contribution in [2.45, 2.75) is 25.3 Å². The summed E-state index contributed by atoms with van der Waals surface area (Å²) in [5, 5.41) is 3.99. The maximum Gasteiger partial charge on any atom is 0.418 e. The number of carbonyl (C=O) groups is 2. The summed E-state index contributed by atoms with van der Waals surface area (Å²) in [6.45, 7) is -0.822. The number of rotatable bonds is 6. The number of aryl methyl sites for hydroxylation is 1. The molecule has 14 heteroatoms. The molecule has 2 aromatic rings. The molecular formula is C22H17Cl2F6N3O3. The lowest BCUT2D eigenvalue weighted by Crippen LogP contribution is -2.41. The highest BCUT2D eigenvalue weighted by atomic mass is 35.5. The van der Waals surface area contributed by atoms with Gasteiger partial charge in [0.25, 0.3) is 5.91 Å². The molecule has 1 aliphatic rings. The molecule has 3 rings (SSSR count). The first-order chi connectivity index (χ1) is 16.7. The molecule has 0 radical (unpaired) electrons. The number of benzene rings is 2. The monoisotopic (exact) mass is 555 g/mol. The molecule has 1 aliphatic heterocycles. The van der Waals surface area contributed by atoms with Crippen LogP contribution in [-0.2, 0) is 9.63 Å². The molecule has 6 nitrogen and oxygen atoms in total. The molecule has 0 bridgehead atoms. The fourth-order valence-corrected chi connectivity index (χ4v) is 3.95. The van der Waals surface area contributed by atoms with Crippen molar-refractivity contribution in [2.24, 2.45) is 0 Å². The maximum atomic E-state index is 14.0. The van der Waals surface area contributed by atoms with Gasteiger partial charge in [0.15, 0.2) is 5.76 Å². The summed E-state index contributed by atoms with van der Waals surface area (Å²) in [5.74, 6) is -2.37. The van der Waals surface area contributed by atoms with Crippen LogP contribution in [-0.4, -0.2) is 37.3 Å². The molecule has 1 atom stereocenters. The van der Waals surface area contributed by atoms with Crippen LogP contribution < -0.4 is 16.1 Å². The summed E-state index contributed by atoms with van der Waals surface area (Å²) in [7, 11) is 0. The topological polar surface area (TPSA) is 79.5 Å². The van der Waals surface area contributed by atoms with Crippen LogP contribution in [0.4, 0.5) is 26.3 Å². The summed E-state index contributed by atoms with van der Waals surface area (Å²) < 4.78 is 78.6. The van der Waals surface area contributed by atoms with E-state index >= 15 is 0 Å². The van der Waals surface area contributed by atoms with Crippen LogP contribution in [0.5, 0.6) is 0 Å². The van der Waals surface area contributed by atoms with Gasteiger partial charge in [0.1, 0.15) is 18.2 Å². The minimum atomic E-state index is -4.81. The van der Waals surface area contributed by atoms with Gasteiger partial charge in [-0.05, 0) is 42.3 Å². The first kappa shape index (κ1) is 27.6. The molecule has 0 spiro atoms. The molecule has 0 saturated heterocycles. The van der Waals surface area contributed by atoms with Crippen molar-refractivity contribution in [2.75, 3.05) is 13.1 Å². The smallest absolute Gasteiger partial charge is 0.407 e. The van der Waals surface area contributed by atoms with Gasteiger partial charge in [-0.3, -0.25) is 9.59 Å². The molecule has 2 aromatic carbocycles. The quantitative estimate of drug-likeness (QED) is 0.425. The van der Waals surface area contributed by atoms with Crippen molar-refractivity contribution in [1.82, 2.24) is 16.1 Å². The molecule has 194 valence electrons. The molecule has 0 fully saturated rings. The Morgan fingerprint density at radius 3 is 2.19 bits per heavy atom. The van der Waals surface area contributed by atoms with Gasteiger partial charge in [-0.1, -0.05) is 35.3 Å². The fraction of sp³-hybridized carbons (Fsp3) is 0.273. The second kappa shape index (κ2) is 10.6. The third-order valence-corrected chi connectivity index (χ3v) is 5.40. The summed E-state index contributed by atoms with van der Waals surface area (Å²) in [6.07, 6.45) is -9.42. The number of carbonyl (C=O) groups excluding carboxylic acids is 2. The second-order valence-corrected chi connectivity index (χ2v) is 8.57. The normalized spacial score (nSPS) is 16.1. The van der Waals surface area contributed by atoms with Gasteiger partial charge in [0.2, 0.25) is 5.91 Å².